The molecular formula is C7H7FN4O. The van der Waals surface area contributed by atoms with Gasteiger partial charge in [0.05, 0.1) is 12.5 Å². The summed E-state index contributed by atoms with van der Waals surface area (Å²) in [5.41, 5.74) is 4.87. The maximum absolute atomic E-state index is 12.3. The third kappa shape index (κ3) is 2.86. The highest BCUT2D eigenvalue weighted by Gasteiger charge is 1.99. The molecule has 68 valence electrons. The first kappa shape index (κ1) is 9.11. The molecule has 0 fully saturated rings. The third-order valence-electron chi connectivity index (χ3n) is 1.15. The maximum Gasteiger partial charge on any atom is 0.347 e. The minimum Gasteiger partial charge on any atom is -0.390 e. The van der Waals surface area contributed by atoms with E-state index in [4.69, 9.17) is 5.73 Å². The predicted molar refractivity (Wildman–Crippen MR) is 45.9 cm³/mol. The number of hydrogen-bond acceptors (Lipinski definition) is 2. The molecular weight excluding hydrogens is 175 g/mol. The fourth-order valence-electron chi connectivity index (χ4n) is 0.659. The number of aromatic nitrogens is 1. The van der Waals surface area contributed by atoms with E-state index in [9.17, 15) is 9.18 Å². The van der Waals surface area contributed by atoms with Crippen molar-refractivity contribution in [3.63, 3.8) is 0 Å². The van der Waals surface area contributed by atoms with Crippen LogP contribution in [0, 0.1) is 5.82 Å². The number of nitrogens with two attached hydrogens (primary N) is 1. The molecule has 13 heavy (non-hydrogen) atoms. The van der Waals surface area contributed by atoms with E-state index in [1.54, 1.807) is 0 Å². The van der Waals surface area contributed by atoms with Gasteiger partial charge >= 0.3 is 6.03 Å². The number of urea groups is 1. The van der Waals surface area contributed by atoms with Crippen LogP contribution in [-0.2, 0) is 0 Å². The lowest BCUT2D eigenvalue weighted by Gasteiger charge is -1.98. The van der Waals surface area contributed by atoms with Gasteiger partial charge in [-0.1, -0.05) is 0 Å². The fourth-order valence-corrected chi connectivity index (χ4v) is 0.659. The Bertz CT molecular complexity index is 322. The lowest BCUT2D eigenvalue weighted by atomic mass is 10.4. The summed E-state index contributed by atoms with van der Waals surface area (Å²) < 4.78 is 12.3. The molecule has 0 aliphatic rings. The van der Waals surface area contributed by atoms with E-state index in [0.29, 0.717) is 0 Å². The van der Waals surface area contributed by atoms with E-state index in [0.717, 1.165) is 12.5 Å². The zero-order valence-electron chi connectivity index (χ0n) is 6.57. The Morgan fingerprint density at radius 3 is 3.00 bits per heavy atom. The largest absolute Gasteiger partial charge is 0.390 e. The molecule has 0 radical (unpaired) electrons. The predicted octanol–water partition coefficient (Wildman–Crippen LogP) is 0.740. The van der Waals surface area contributed by atoms with Crippen molar-refractivity contribution in [1.82, 2.24) is 4.98 Å². The summed E-state index contributed by atoms with van der Waals surface area (Å²) >= 11 is 0. The van der Waals surface area contributed by atoms with Gasteiger partial charge in [0.25, 0.3) is 0 Å². The van der Waals surface area contributed by atoms with Crippen molar-refractivity contribution in [2.45, 2.75) is 0 Å². The van der Waals surface area contributed by atoms with Crippen LogP contribution in [0.15, 0.2) is 23.3 Å². The highest BCUT2D eigenvalue weighted by Crippen LogP contribution is 2.03. The topological polar surface area (TPSA) is 80.4 Å². The van der Waals surface area contributed by atoms with Gasteiger partial charge in [-0.15, -0.1) is 0 Å². The van der Waals surface area contributed by atoms with E-state index in [2.05, 4.69) is 15.3 Å². The lowest BCUT2D eigenvalue weighted by Crippen LogP contribution is -2.09. The van der Waals surface area contributed by atoms with Crippen molar-refractivity contribution >= 4 is 18.2 Å². The van der Waals surface area contributed by atoms with E-state index >= 15 is 0 Å². The molecule has 1 aromatic rings. The second-order valence-electron chi connectivity index (χ2n) is 2.07. The van der Waals surface area contributed by atoms with Crippen LogP contribution in [0.4, 0.5) is 15.0 Å². The van der Waals surface area contributed by atoms with Crippen LogP contribution >= 0.6 is 0 Å². The van der Waals surface area contributed by atoms with Crippen molar-refractivity contribution < 1.29 is 9.18 Å². The molecule has 0 aliphatic carbocycles. The number of carbonyl (C=O) groups is 1. The Kier molecular flexibility index (Phi) is 2.91. The summed E-state index contributed by atoms with van der Waals surface area (Å²) in [6.45, 7) is 0. The van der Waals surface area contributed by atoms with E-state index in [1.165, 1.54) is 12.1 Å². The van der Waals surface area contributed by atoms with Crippen LogP contribution in [-0.4, -0.2) is 17.4 Å². The Hall–Kier alpha value is -1.98. The number of amides is 2. The van der Waals surface area contributed by atoms with E-state index in [1.807, 2.05) is 0 Å². The molecule has 2 amide bonds. The van der Waals surface area contributed by atoms with Crippen molar-refractivity contribution in [3.05, 3.63) is 24.1 Å². The van der Waals surface area contributed by atoms with Crippen molar-refractivity contribution in [2.24, 2.45) is 10.7 Å². The average Bonchev–Trinajstić information content (AvgIpc) is 2.09. The van der Waals surface area contributed by atoms with Crippen LogP contribution in [0.25, 0.3) is 0 Å². The normalized spacial score (nSPS) is 10.2. The Balaban J connectivity index is 2.64. The first-order valence-corrected chi connectivity index (χ1v) is 3.39. The summed E-state index contributed by atoms with van der Waals surface area (Å²) in [6, 6.07) is 1.84. The number of rotatable bonds is 1. The number of pyridine rings is 1. The summed E-state index contributed by atoms with van der Waals surface area (Å²) in [5, 5.41) is 2.28. The second-order valence-corrected chi connectivity index (χ2v) is 2.07. The highest BCUT2D eigenvalue weighted by atomic mass is 19.1. The van der Waals surface area contributed by atoms with Gasteiger partial charge in [0.2, 0.25) is 0 Å². The zero-order valence-corrected chi connectivity index (χ0v) is 6.57. The van der Waals surface area contributed by atoms with Gasteiger partial charge in [0, 0.05) is 0 Å². The fraction of sp³-hybridized carbons (Fsp3) is 0. The number of hydrogen-bond donors (Lipinski definition) is 2. The molecule has 6 heteroatoms. The molecule has 0 bridgehead atoms. The highest BCUT2D eigenvalue weighted by molar-refractivity contribution is 5.93. The van der Waals surface area contributed by atoms with Gasteiger partial charge < -0.3 is 5.73 Å². The molecule has 3 N–H and O–H groups in total. The standard InChI is InChI=1S/C7H7FN4O/c8-5-1-2-6(10-3-5)12-7(13)11-4-9/h1-4H,(H3,9,10,11,12,13). The molecule has 0 saturated heterocycles. The van der Waals surface area contributed by atoms with Gasteiger partial charge in [-0.2, -0.15) is 4.99 Å². The maximum atomic E-state index is 12.3. The van der Waals surface area contributed by atoms with Gasteiger partial charge in [0.15, 0.2) is 0 Å². The summed E-state index contributed by atoms with van der Waals surface area (Å²) in [5.74, 6) is -0.252. The Labute approximate surface area is 73.5 Å². The second kappa shape index (κ2) is 4.15. The van der Waals surface area contributed by atoms with Crippen LogP contribution in [0.3, 0.4) is 0 Å². The number of nitrogens with one attached hydrogen (secondary N) is 1. The van der Waals surface area contributed by atoms with Crippen LogP contribution in [0.5, 0.6) is 0 Å². The summed E-state index contributed by atoms with van der Waals surface area (Å²) in [6.07, 6.45) is 1.85. The molecule has 0 aromatic carbocycles. The molecule has 1 aromatic heterocycles. The first-order chi connectivity index (χ1) is 6.22. The van der Waals surface area contributed by atoms with E-state index < -0.39 is 11.8 Å². The molecule has 0 saturated carbocycles. The average molecular weight is 182 g/mol. The van der Waals surface area contributed by atoms with E-state index in [-0.39, 0.29) is 5.82 Å². The smallest absolute Gasteiger partial charge is 0.347 e. The molecule has 0 aliphatic heterocycles. The van der Waals surface area contributed by atoms with Gasteiger partial charge in [0.1, 0.15) is 11.6 Å². The number of halogens is 1. The zero-order chi connectivity index (χ0) is 9.68. The number of carbonyl (C=O) groups excluding carboxylic acids is 1. The van der Waals surface area contributed by atoms with Crippen LogP contribution in [0.2, 0.25) is 0 Å². The monoisotopic (exact) mass is 182 g/mol. The molecule has 0 unspecified atom stereocenters. The van der Waals surface area contributed by atoms with Crippen molar-refractivity contribution in [3.8, 4) is 0 Å². The minimum absolute atomic E-state index is 0.219. The van der Waals surface area contributed by atoms with Crippen molar-refractivity contribution in [2.75, 3.05) is 5.32 Å². The summed E-state index contributed by atoms with van der Waals surface area (Å²) in [4.78, 5) is 17.6. The molecule has 1 rings (SSSR count). The van der Waals surface area contributed by atoms with Gasteiger partial charge in [-0.05, 0) is 12.1 Å². The third-order valence-corrected chi connectivity index (χ3v) is 1.15. The number of anilines is 1. The number of nitrogens with zero attached hydrogens (tertiary/aromatic N) is 2. The molecule has 0 atom stereocenters. The van der Waals surface area contributed by atoms with Crippen LogP contribution < -0.4 is 11.1 Å². The Morgan fingerprint density at radius 1 is 1.69 bits per heavy atom. The minimum atomic E-state index is -0.651. The first-order valence-electron chi connectivity index (χ1n) is 3.39. The SMILES string of the molecule is NC=NC(=O)Nc1ccc(F)cn1. The summed E-state index contributed by atoms with van der Waals surface area (Å²) in [7, 11) is 0. The number of aliphatic imine (C=N–C) groups is 1. The van der Waals surface area contributed by atoms with Crippen molar-refractivity contribution in [1.29, 1.82) is 0 Å². The molecule has 1 heterocycles. The molecule has 5 nitrogen and oxygen atoms in total. The quantitative estimate of drug-likeness (QED) is 0.496. The Morgan fingerprint density at radius 2 is 2.46 bits per heavy atom. The van der Waals surface area contributed by atoms with Crippen LogP contribution in [0.1, 0.15) is 0 Å². The lowest BCUT2D eigenvalue weighted by molar-refractivity contribution is 0.259. The molecule has 0 spiro atoms. The van der Waals surface area contributed by atoms with Gasteiger partial charge in [-0.3, -0.25) is 5.32 Å². The van der Waals surface area contributed by atoms with Gasteiger partial charge in [-0.25, -0.2) is 14.2 Å².